The molecule has 3 aromatic rings. The molecule has 1 aliphatic carbocycles. The molecule has 3 aromatic heterocycles. The number of aliphatic hydroxyl groups excluding tert-OH is 1. The van der Waals surface area contributed by atoms with Crippen molar-refractivity contribution in [3.05, 3.63) is 81.7 Å². The van der Waals surface area contributed by atoms with Gasteiger partial charge in [0.2, 0.25) is 0 Å². The molecular weight excluding hydrogens is 568 g/mol. The maximum absolute atomic E-state index is 13.9. The summed E-state index contributed by atoms with van der Waals surface area (Å²) in [5, 5.41) is 14.1. The largest absolute Gasteiger partial charge is 0.396 e. The van der Waals surface area contributed by atoms with E-state index in [0.29, 0.717) is 36.1 Å². The van der Waals surface area contributed by atoms with E-state index in [-0.39, 0.29) is 18.1 Å². The molecule has 11 nitrogen and oxygen atoms in total. The third kappa shape index (κ3) is 5.17. The van der Waals surface area contributed by atoms with Gasteiger partial charge in [-0.3, -0.25) is 14.5 Å². The number of aliphatic hydroxyl groups is 1. The number of carbonyl (C=O) groups excluding carboxylic acids is 1. The predicted octanol–water partition coefficient (Wildman–Crippen LogP) is 2.90. The number of allylic oxidation sites excluding steroid dienone is 1. The van der Waals surface area contributed by atoms with E-state index in [4.69, 9.17) is 9.98 Å². The van der Waals surface area contributed by atoms with Gasteiger partial charge in [-0.2, -0.15) is 0 Å². The van der Waals surface area contributed by atoms with E-state index in [1.807, 2.05) is 43.5 Å². The van der Waals surface area contributed by atoms with E-state index >= 15 is 0 Å². The number of piperazine rings is 1. The first kappa shape index (κ1) is 29.5. The molecule has 45 heavy (non-hydrogen) atoms. The van der Waals surface area contributed by atoms with Crippen LogP contribution in [-0.2, 0) is 31.8 Å². The van der Waals surface area contributed by atoms with Gasteiger partial charge >= 0.3 is 0 Å². The molecule has 0 aromatic carbocycles. The number of rotatable bonds is 5. The van der Waals surface area contributed by atoms with Crippen LogP contribution in [0.25, 0.3) is 0 Å². The van der Waals surface area contributed by atoms with E-state index in [2.05, 4.69) is 32.8 Å². The van der Waals surface area contributed by atoms with E-state index in [1.165, 1.54) is 11.3 Å². The van der Waals surface area contributed by atoms with Crippen LogP contribution >= 0.6 is 0 Å². The van der Waals surface area contributed by atoms with Crippen LogP contribution in [0.1, 0.15) is 47.1 Å². The number of amides is 1. The van der Waals surface area contributed by atoms with Gasteiger partial charge in [0.05, 0.1) is 12.5 Å². The number of carbonyl (C=O) groups is 1. The molecule has 6 heterocycles. The van der Waals surface area contributed by atoms with Gasteiger partial charge in [0.15, 0.2) is 0 Å². The summed E-state index contributed by atoms with van der Waals surface area (Å²) in [5.41, 5.74) is 3.60. The molecule has 3 aliphatic heterocycles. The van der Waals surface area contributed by atoms with Crippen LogP contribution in [0.15, 0.2) is 58.6 Å². The molecule has 7 rings (SSSR count). The summed E-state index contributed by atoms with van der Waals surface area (Å²) in [6.07, 6.45) is 9.85. The summed E-state index contributed by atoms with van der Waals surface area (Å²) in [5.74, 6) is 1.47. The molecule has 0 spiro atoms. The van der Waals surface area contributed by atoms with E-state index < -0.39 is 11.3 Å². The highest BCUT2D eigenvalue weighted by atomic mass is 16.3. The Morgan fingerprint density at radius 3 is 2.62 bits per heavy atom. The fourth-order valence-electron chi connectivity index (χ4n) is 7.36. The zero-order chi connectivity index (χ0) is 31.3. The molecule has 236 valence electrons. The highest BCUT2D eigenvalue weighted by Gasteiger charge is 2.44. The lowest BCUT2D eigenvalue weighted by molar-refractivity contribution is 0.0789. The Kier molecular flexibility index (Phi) is 7.61. The number of anilines is 3. The Labute approximate surface area is 263 Å². The first-order valence-electron chi connectivity index (χ1n) is 16.0. The monoisotopic (exact) mass is 610 g/mol. The maximum atomic E-state index is 13.9. The number of fused-ring (bicyclic) bond motifs is 3. The van der Waals surface area contributed by atoms with Gasteiger partial charge < -0.3 is 29.4 Å². The number of amidine groups is 1. The van der Waals surface area contributed by atoms with Crippen molar-refractivity contribution in [2.75, 3.05) is 56.6 Å². The van der Waals surface area contributed by atoms with Crippen molar-refractivity contribution in [3.63, 3.8) is 0 Å². The first-order chi connectivity index (χ1) is 21.8. The zero-order valence-corrected chi connectivity index (χ0v) is 26.4. The minimum Gasteiger partial charge on any atom is -0.396 e. The lowest BCUT2D eigenvalue weighted by Crippen LogP contribution is -2.52. The second-order valence-electron chi connectivity index (χ2n) is 13.0. The Hall–Kier alpha value is -4.22. The van der Waals surface area contributed by atoms with Crippen molar-refractivity contribution in [2.24, 2.45) is 18.0 Å². The number of hydrogen-bond donors (Lipinski definition) is 2. The number of aryl methyl sites for hydroxylation is 2. The summed E-state index contributed by atoms with van der Waals surface area (Å²) in [6.45, 7) is 6.78. The van der Waals surface area contributed by atoms with Gasteiger partial charge in [-0.1, -0.05) is 19.1 Å². The SMILES string of the molecule is CN1CCN(c2cccc(Nc3cc(C4(C)C=CN=C(N5CCn6c(cc7c6CCCC7)C5=O)C4CO)cn(C)c3=O)n2)CC1. The van der Waals surface area contributed by atoms with Crippen LogP contribution < -0.4 is 15.8 Å². The molecule has 11 heteroatoms. The van der Waals surface area contributed by atoms with Gasteiger partial charge in [0.1, 0.15) is 28.9 Å². The Bertz CT molecular complexity index is 1750. The lowest BCUT2D eigenvalue weighted by atomic mass is 9.70. The Morgan fingerprint density at radius 2 is 1.82 bits per heavy atom. The number of aliphatic imine (C=N–C) groups is 1. The van der Waals surface area contributed by atoms with Crippen LogP contribution in [0.5, 0.6) is 0 Å². The first-order valence-corrected chi connectivity index (χ1v) is 16.0. The normalized spacial score (nSPS) is 23.5. The fraction of sp³-hybridized carbons (Fsp3) is 0.471. The lowest BCUT2D eigenvalue weighted by Gasteiger charge is -2.42. The molecular formula is C34H42N8O3. The minimum absolute atomic E-state index is 0.0698. The second-order valence-corrected chi connectivity index (χ2v) is 13.0. The maximum Gasteiger partial charge on any atom is 0.275 e. The van der Waals surface area contributed by atoms with Gasteiger partial charge in [0.25, 0.3) is 11.5 Å². The average Bonchev–Trinajstić information content (AvgIpc) is 3.43. The summed E-state index contributed by atoms with van der Waals surface area (Å²) in [6, 6.07) is 9.73. The number of likely N-dealkylation sites (N-methyl/N-ethyl adjacent to an activating group) is 1. The molecule has 1 saturated heterocycles. The average molecular weight is 611 g/mol. The molecule has 4 aliphatic rings. The number of pyridine rings is 2. The number of nitrogens with one attached hydrogen (secondary N) is 1. The third-order valence-electron chi connectivity index (χ3n) is 10.2. The smallest absolute Gasteiger partial charge is 0.275 e. The molecule has 2 atom stereocenters. The molecule has 1 fully saturated rings. The van der Waals surface area contributed by atoms with Crippen LogP contribution in [0.4, 0.5) is 17.3 Å². The molecule has 2 N–H and O–H groups in total. The summed E-state index contributed by atoms with van der Waals surface area (Å²) in [7, 11) is 3.85. The molecule has 2 unspecified atom stereocenters. The zero-order valence-electron chi connectivity index (χ0n) is 26.4. The minimum atomic E-state index is -0.734. The van der Waals surface area contributed by atoms with E-state index in [9.17, 15) is 14.7 Å². The summed E-state index contributed by atoms with van der Waals surface area (Å²) < 4.78 is 3.75. The number of hydrogen-bond acceptors (Lipinski definition) is 8. The van der Waals surface area contributed by atoms with E-state index in [1.54, 1.807) is 22.7 Å². The summed E-state index contributed by atoms with van der Waals surface area (Å²) in [4.78, 5) is 43.1. The van der Waals surface area contributed by atoms with Crippen LogP contribution in [0.3, 0.4) is 0 Å². The van der Waals surface area contributed by atoms with Gasteiger partial charge in [-0.25, -0.2) is 9.98 Å². The van der Waals surface area contributed by atoms with Crippen molar-refractivity contribution >= 4 is 29.1 Å². The van der Waals surface area contributed by atoms with Gasteiger partial charge in [-0.05, 0) is 68.1 Å². The topological polar surface area (TPSA) is 111 Å². The highest BCUT2D eigenvalue weighted by Crippen LogP contribution is 2.39. The molecule has 0 radical (unpaired) electrons. The number of nitrogens with zero attached hydrogens (tertiary/aromatic N) is 7. The van der Waals surface area contributed by atoms with Crippen LogP contribution in [0.2, 0.25) is 0 Å². The second kappa shape index (κ2) is 11.6. The fourth-order valence-corrected chi connectivity index (χ4v) is 7.36. The van der Waals surface area contributed by atoms with Crippen molar-refractivity contribution in [1.29, 1.82) is 0 Å². The predicted molar refractivity (Wildman–Crippen MR) is 176 cm³/mol. The van der Waals surface area contributed by atoms with Crippen molar-refractivity contribution in [1.82, 2.24) is 23.9 Å². The Balaban J connectivity index is 1.17. The third-order valence-corrected chi connectivity index (χ3v) is 10.2. The highest BCUT2D eigenvalue weighted by molar-refractivity contribution is 6.08. The van der Waals surface area contributed by atoms with Crippen molar-refractivity contribution < 1.29 is 9.90 Å². The number of aromatic nitrogens is 3. The van der Waals surface area contributed by atoms with Crippen LogP contribution in [-0.4, -0.2) is 87.1 Å². The van der Waals surface area contributed by atoms with E-state index in [0.717, 1.165) is 63.2 Å². The van der Waals surface area contributed by atoms with Crippen LogP contribution in [0, 0.1) is 5.92 Å². The summed E-state index contributed by atoms with van der Waals surface area (Å²) >= 11 is 0. The molecule has 1 amide bonds. The standard InChI is InChI=1S/C34H42N8O3/c1-34(11-12-35-31(25(34)22-43)42-18-17-41-27-8-5-4-7-23(27)19-28(41)33(42)45)24-20-26(32(44)39(3)21-24)36-29-9-6-10-30(37-29)40-15-13-38(2)14-16-40/h6,9-12,19-21,25,43H,4-5,7-8,13-18,22H2,1-3H3,(H,36,37). The van der Waals surface area contributed by atoms with Crippen molar-refractivity contribution in [3.8, 4) is 0 Å². The molecule has 0 saturated carbocycles. The van der Waals surface area contributed by atoms with Gasteiger partial charge in [0, 0.05) is 69.8 Å². The van der Waals surface area contributed by atoms with Gasteiger partial charge in [-0.15, -0.1) is 0 Å². The quantitative estimate of drug-likeness (QED) is 0.457. The molecule has 0 bridgehead atoms. The Morgan fingerprint density at radius 1 is 1.02 bits per heavy atom. The van der Waals surface area contributed by atoms with Crippen molar-refractivity contribution in [2.45, 2.75) is 44.6 Å².